The van der Waals surface area contributed by atoms with E-state index in [1.54, 1.807) is 6.07 Å². The van der Waals surface area contributed by atoms with Gasteiger partial charge in [0.25, 0.3) is 5.91 Å². The van der Waals surface area contributed by atoms with Gasteiger partial charge in [-0.2, -0.15) is 0 Å². The summed E-state index contributed by atoms with van der Waals surface area (Å²) in [5, 5.41) is 3.79. The first-order valence-corrected chi connectivity index (χ1v) is 9.29. The van der Waals surface area contributed by atoms with Crippen LogP contribution in [0.1, 0.15) is 46.3 Å². The maximum atomic E-state index is 12.6. The number of nitrogens with zero attached hydrogens (tertiary/aromatic N) is 5. The highest BCUT2D eigenvalue weighted by atomic mass is 16.5. The van der Waals surface area contributed by atoms with Gasteiger partial charge in [0.1, 0.15) is 17.9 Å². The highest BCUT2D eigenvalue weighted by Crippen LogP contribution is 2.40. The molecule has 0 aromatic carbocycles. The van der Waals surface area contributed by atoms with Crippen molar-refractivity contribution in [1.29, 1.82) is 0 Å². The lowest BCUT2D eigenvalue weighted by atomic mass is 10.1. The summed E-state index contributed by atoms with van der Waals surface area (Å²) in [6.07, 6.45) is 9.71. The molecule has 134 valence electrons. The first-order valence-electron chi connectivity index (χ1n) is 9.29. The van der Waals surface area contributed by atoms with Crippen LogP contribution < -0.4 is 4.90 Å². The van der Waals surface area contributed by atoms with Crippen LogP contribution in [0.4, 0.5) is 5.82 Å². The standard InChI is InChI=1S/C19H21N5O2/c25-19(16-7-12-26-22-16)24-10-5-14-15(6-11-24)20-17(13-3-4-13)21-18(14)23-8-1-2-9-23/h1-2,7,12-13H,3-6,8-11H2. The maximum absolute atomic E-state index is 12.6. The average molecular weight is 351 g/mol. The molecule has 0 saturated heterocycles. The van der Waals surface area contributed by atoms with Crippen LogP contribution in [0.2, 0.25) is 0 Å². The molecule has 1 aliphatic carbocycles. The second-order valence-electron chi connectivity index (χ2n) is 7.16. The van der Waals surface area contributed by atoms with Gasteiger partial charge in [0, 0.05) is 50.1 Å². The number of carbonyl (C=O) groups is 1. The lowest BCUT2D eigenvalue weighted by Gasteiger charge is -2.22. The van der Waals surface area contributed by atoms with Crippen LogP contribution >= 0.6 is 0 Å². The summed E-state index contributed by atoms with van der Waals surface area (Å²) >= 11 is 0. The highest BCUT2D eigenvalue weighted by molar-refractivity contribution is 5.92. The quantitative estimate of drug-likeness (QED) is 0.787. The third kappa shape index (κ3) is 2.77. The normalized spacial score (nSPS) is 19.5. The van der Waals surface area contributed by atoms with E-state index < -0.39 is 0 Å². The minimum atomic E-state index is -0.0775. The topological polar surface area (TPSA) is 75.4 Å². The molecule has 5 rings (SSSR count). The van der Waals surface area contributed by atoms with E-state index in [9.17, 15) is 4.79 Å². The van der Waals surface area contributed by atoms with Gasteiger partial charge >= 0.3 is 0 Å². The largest absolute Gasteiger partial charge is 0.364 e. The van der Waals surface area contributed by atoms with Crippen LogP contribution in [0, 0.1) is 0 Å². The van der Waals surface area contributed by atoms with Gasteiger partial charge in [-0.1, -0.05) is 17.3 Å². The molecule has 1 amide bonds. The molecule has 0 spiro atoms. The molecule has 0 N–H and O–H groups in total. The number of anilines is 1. The summed E-state index contributed by atoms with van der Waals surface area (Å²) in [5.74, 6) is 2.50. The third-order valence-corrected chi connectivity index (χ3v) is 5.34. The van der Waals surface area contributed by atoms with Gasteiger partial charge in [-0.05, 0) is 19.3 Å². The van der Waals surface area contributed by atoms with Crippen LogP contribution in [-0.2, 0) is 12.8 Å². The van der Waals surface area contributed by atoms with Gasteiger partial charge in [0.15, 0.2) is 5.69 Å². The number of aromatic nitrogens is 3. The second kappa shape index (κ2) is 6.23. The van der Waals surface area contributed by atoms with Gasteiger partial charge in [-0.15, -0.1) is 0 Å². The lowest BCUT2D eigenvalue weighted by molar-refractivity contribution is 0.0752. The van der Waals surface area contributed by atoms with E-state index in [-0.39, 0.29) is 5.91 Å². The van der Waals surface area contributed by atoms with Crippen LogP contribution in [0.25, 0.3) is 0 Å². The van der Waals surface area contributed by atoms with Gasteiger partial charge < -0.3 is 14.3 Å². The van der Waals surface area contributed by atoms with E-state index >= 15 is 0 Å². The molecule has 7 heteroatoms. The summed E-state index contributed by atoms with van der Waals surface area (Å²) in [5.41, 5.74) is 2.68. The molecule has 3 aliphatic rings. The molecule has 2 aromatic rings. The smallest absolute Gasteiger partial charge is 0.276 e. The maximum Gasteiger partial charge on any atom is 0.276 e. The Balaban J connectivity index is 1.45. The molecular weight excluding hydrogens is 330 g/mol. The Morgan fingerprint density at radius 2 is 1.92 bits per heavy atom. The number of hydrogen-bond acceptors (Lipinski definition) is 6. The zero-order valence-corrected chi connectivity index (χ0v) is 14.6. The number of hydrogen-bond donors (Lipinski definition) is 0. The average Bonchev–Trinajstić information content (AvgIpc) is 3.16. The minimum absolute atomic E-state index is 0.0775. The van der Waals surface area contributed by atoms with Crippen molar-refractivity contribution < 1.29 is 9.32 Å². The monoisotopic (exact) mass is 351 g/mol. The van der Waals surface area contributed by atoms with Crippen LogP contribution in [-0.4, -0.2) is 52.1 Å². The van der Waals surface area contributed by atoms with Crippen LogP contribution in [0.15, 0.2) is 29.0 Å². The Morgan fingerprint density at radius 3 is 2.65 bits per heavy atom. The van der Waals surface area contributed by atoms with Gasteiger partial charge in [-0.25, -0.2) is 9.97 Å². The van der Waals surface area contributed by atoms with Crippen molar-refractivity contribution in [3.05, 3.63) is 47.3 Å². The molecule has 1 fully saturated rings. The molecule has 0 atom stereocenters. The SMILES string of the molecule is O=C(c1ccon1)N1CCc2nc(C3CC3)nc(N3CC=CC3)c2CC1. The fourth-order valence-corrected chi connectivity index (χ4v) is 3.72. The van der Waals surface area contributed by atoms with E-state index in [4.69, 9.17) is 14.5 Å². The van der Waals surface area contributed by atoms with Crippen molar-refractivity contribution in [3.8, 4) is 0 Å². The fourth-order valence-electron chi connectivity index (χ4n) is 3.72. The van der Waals surface area contributed by atoms with Crippen molar-refractivity contribution in [3.63, 3.8) is 0 Å². The summed E-state index contributed by atoms with van der Waals surface area (Å²) in [7, 11) is 0. The number of fused-ring (bicyclic) bond motifs is 1. The Kier molecular flexibility index (Phi) is 3.72. The Hall–Kier alpha value is -2.70. The summed E-state index contributed by atoms with van der Waals surface area (Å²) < 4.78 is 4.82. The van der Waals surface area contributed by atoms with Crippen molar-refractivity contribution in [1.82, 2.24) is 20.0 Å². The molecule has 0 bridgehead atoms. The van der Waals surface area contributed by atoms with Crippen LogP contribution in [0.3, 0.4) is 0 Å². The second-order valence-corrected chi connectivity index (χ2v) is 7.16. The predicted octanol–water partition coefficient (Wildman–Crippen LogP) is 1.96. The summed E-state index contributed by atoms with van der Waals surface area (Å²) in [6.45, 7) is 3.10. The number of carbonyl (C=O) groups excluding carboxylic acids is 1. The van der Waals surface area contributed by atoms with Gasteiger partial charge in [0.2, 0.25) is 0 Å². The Morgan fingerprint density at radius 1 is 1.12 bits per heavy atom. The molecule has 26 heavy (non-hydrogen) atoms. The molecule has 0 unspecified atom stereocenters. The molecule has 1 saturated carbocycles. The van der Waals surface area contributed by atoms with Crippen molar-refractivity contribution in [2.45, 2.75) is 31.6 Å². The molecule has 4 heterocycles. The predicted molar refractivity (Wildman–Crippen MR) is 95.2 cm³/mol. The zero-order chi connectivity index (χ0) is 17.5. The number of amides is 1. The summed E-state index contributed by atoms with van der Waals surface area (Å²) in [6, 6.07) is 1.62. The minimum Gasteiger partial charge on any atom is -0.364 e. The third-order valence-electron chi connectivity index (χ3n) is 5.34. The van der Waals surface area contributed by atoms with Crippen molar-refractivity contribution in [2.75, 3.05) is 31.1 Å². The van der Waals surface area contributed by atoms with E-state index in [0.29, 0.717) is 24.7 Å². The van der Waals surface area contributed by atoms with E-state index in [0.717, 1.165) is 43.3 Å². The Labute approximate surface area is 151 Å². The van der Waals surface area contributed by atoms with E-state index in [1.165, 1.54) is 24.7 Å². The van der Waals surface area contributed by atoms with Crippen molar-refractivity contribution >= 4 is 11.7 Å². The first-order chi connectivity index (χ1) is 12.8. The molecular formula is C19H21N5O2. The van der Waals surface area contributed by atoms with E-state index in [1.807, 2.05) is 4.90 Å². The molecule has 2 aromatic heterocycles. The van der Waals surface area contributed by atoms with Gasteiger partial charge in [0.05, 0.1) is 5.69 Å². The molecule has 0 radical (unpaired) electrons. The highest BCUT2D eigenvalue weighted by Gasteiger charge is 2.31. The summed E-state index contributed by atoms with van der Waals surface area (Å²) in [4.78, 5) is 26.6. The Bertz CT molecular complexity index is 849. The molecule has 7 nitrogen and oxygen atoms in total. The fraction of sp³-hybridized carbons (Fsp3) is 0.474. The molecule has 2 aliphatic heterocycles. The zero-order valence-electron chi connectivity index (χ0n) is 14.6. The van der Waals surface area contributed by atoms with Crippen LogP contribution in [0.5, 0.6) is 0 Å². The lowest BCUT2D eigenvalue weighted by Crippen LogP contribution is -2.33. The van der Waals surface area contributed by atoms with Crippen molar-refractivity contribution in [2.24, 2.45) is 0 Å². The van der Waals surface area contributed by atoms with Gasteiger partial charge in [-0.3, -0.25) is 4.79 Å². The number of rotatable bonds is 3. The van der Waals surface area contributed by atoms with E-state index in [2.05, 4.69) is 22.2 Å². The first kappa shape index (κ1) is 15.5.